The van der Waals surface area contributed by atoms with Crippen LogP contribution in [0.4, 0.5) is 5.69 Å². The fraction of sp³-hybridized carbons (Fsp3) is 0.276. The van der Waals surface area contributed by atoms with Gasteiger partial charge in [0.15, 0.2) is 11.0 Å². The van der Waals surface area contributed by atoms with Gasteiger partial charge in [0.1, 0.15) is 17.2 Å². The summed E-state index contributed by atoms with van der Waals surface area (Å²) in [7, 11) is 4.76. The van der Waals surface area contributed by atoms with E-state index >= 15 is 0 Å². The quantitative estimate of drug-likeness (QED) is 0.265. The van der Waals surface area contributed by atoms with Gasteiger partial charge >= 0.3 is 0 Å². The minimum atomic E-state index is -0.189. The number of benzene rings is 3. The van der Waals surface area contributed by atoms with Crippen LogP contribution >= 0.6 is 11.8 Å². The molecule has 38 heavy (non-hydrogen) atoms. The Kier molecular flexibility index (Phi) is 8.26. The van der Waals surface area contributed by atoms with Crippen molar-refractivity contribution in [3.63, 3.8) is 0 Å². The lowest BCUT2D eigenvalue weighted by atomic mass is 9.87. The number of ether oxygens (including phenoxy) is 3. The molecule has 8 nitrogen and oxygen atoms in total. The van der Waals surface area contributed by atoms with Crippen molar-refractivity contribution in [3.05, 3.63) is 72.3 Å². The van der Waals surface area contributed by atoms with Gasteiger partial charge in [0, 0.05) is 35.1 Å². The molecule has 1 heterocycles. The highest BCUT2D eigenvalue weighted by Gasteiger charge is 2.19. The molecular weight excluding hydrogens is 500 g/mol. The Labute approximate surface area is 227 Å². The Bertz CT molecular complexity index is 1370. The van der Waals surface area contributed by atoms with E-state index in [9.17, 15) is 4.79 Å². The first-order valence-electron chi connectivity index (χ1n) is 12.1. The molecule has 0 unspecified atom stereocenters. The second kappa shape index (κ2) is 11.6. The molecule has 1 aromatic heterocycles. The summed E-state index contributed by atoms with van der Waals surface area (Å²) in [4.78, 5) is 12.8. The van der Waals surface area contributed by atoms with Crippen molar-refractivity contribution in [2.75, 3.05) is 32.4 Å². The molecule has 0 radical (unpaired) electrons. The normalized spacial score (nSPS) is 11.2. The second-order valence-corrected chi connectivity index (χ2v) is 10.5. The van der Waals surface area contributed by atoms with Crippen LogP contribution < -0.4 is 19.5 Å². The predicted molar refractivity (Wildman–Crippen MR) is 151 cm³/mol. The Morgan fingerprint density at radius 1 is 0.842 bits per heavy atom. The molecule has 1 N–H and O–H groups in total. The Morgan fingerprint density at radius 2 is 1.45 bits per heavy atom. The van der Waals surface area contributed by atoms with Crippen LogP contribution in [-0.4, -0.2) is 47.8 Å². The van der Waals surface area contributed by atoms with Crippen molar-refractivity contribution >= 4 is 23.4 Å². The summed E-state index contributed by atoms with van der Waals surface area (Å²) in [6.45, 7) is 6.55. The maximum absolute atomic E-state index is 12.8. The molecule has 3 aromatic carbocycles. The average Bonchev–Trinajstić information content (AvgIpc) is 3.35. The standard InChI is InChI=1S/C29H32N4O4S/c1-29(2,3)20-9-7-19(8-10-20)27-31-32-28(33(27)22-11-13-23(35-4)14-12-22)38-18-26(34)30-21-15-24(36-5)17-25(16-21)37-6/h7-17H,18H2,1-6H3,(H,30,34). The highest BCUT2D eigenvalue weighted by Crippen LogP contribution is 2.31. The van der Waals surface area contributed by atoms with Crippen LogP contribution in [0.1, 0.15) is 26.3 Å². The predicted octanol–water partition coefficient (Wildman–Crippen LogP) is 5.99. The van der Waals surface area contributed by atoms with Gasteiger partial charge in [-0.3, -0.25) is 9.36 Å². The van der Waals surface area contributed by atoms with E-state index in [1.807, 2.05) is 28.8 Å². The monoisotopic (exact) mass is 532 g/mol. The minimum Gasteiger partial charge on any atom is -0.497 e. The van der Waals surface area contributed by atoms with Crippen LogP contribution in [0.25, 0.3) is 17.1 Å². The molecule has 0 saturated heterocycles. The van der Waals surface area contributed by atoms with E-state index in [2.05, 4.69) is 60.6 Å². The molecule has 0 saturated carbocycles. The number of anilines is 1. The largest absolute Gasteiger partial charge is 0.497 e. The van der Waals surface area contributed by atoms with Gasteiger partial charge in [-0.2, -0.15) is 0 Å². The average molecular weight is 533 g/mol. The summed E-state index contributed by atoms with van der Waals surface area (Å²) in [6, 6.07) is 21.2. The number of carbonyl (C=O) groups is 1. The number of amides is 1. The summed E-state index contributed by atoms with van der Waals surface area (Å²) in [5, 5.41) is 12.4. The molecule has 198 valence electrons. The van der Waals surface area contributed by atoms with E-state index in [0.29, 0.717) is 28.2 Å². The molecule has 0 atom stereocenters. The third-order valence-electron chi connectivity index (χ3n) is 5.94. The maximum Gasteiger partial charge on any atom is 0.234 e. The van der Waals surface area contributed by atoms with E-state index < -0.39 is 0 Å². The van der Waals surface area contributed by atoms with Gasteiger partial charge in [0.05, 0.1) is 27.1 Å². The maximum atomic E-state index is 12.8. The van der Waals surface area contributed by atoms with E-state index in [-0.39, 0.29) is 17.1 Å². The zero-order valence-corrected chi connectivity index (χ0v) is 23.3. The summed E-state index contributed by atoms with van der Waals surface area (Å²) < 4.78 is 17.9. The highest BCUT2D eigenvalue weighted by molar-refractivity contribution is 7.99. The number of thioether (sulfide) groups is 1. The van der Waals surface area contributed by atoms with Gasteiger partial charge in [-0.25, -0.2) is 0 Å². The number of hydrogen-bond donors (Lipinski definition) is 1. The summed E-state index contributed by atoms with van der Waals surface area (Å²) in [6.07, 6.45) is 0. The topological polar surface area (TPSA) is 87.5 Å². The summed E-state index contributed by atoms with van der Waals surface area (Å²) in [5.74, 6) is 2.57. The van der Waals surface area contributed by atoms with Crippen molar-refractivity contribution in [2.24, 2.45) is 0 Å². The molecule has 4 aromatic rings. The minimum absolute atomic E-state index is 0.0450. The van der Waals surface area contributed by atoms with E-state index in [1.165, 1.54) is 17.3 Å². The van der Waals surface area contributed by atoms with E-state index in [1.54, 1.807) is 39.5 Å². The number of methoxy groups -OCH3 is 3. The fourth-order valence-corrected chi connectivity index (χ4v) is 4.59. The molecule has 9 heteroatoms. The lowest BCUT2D eigenvalue weighted by Gasteiger charge is -2.19. The fourth-order valence-electron chi connectivity index (χ4n) is 3.84. The Hall–Kier alpha value is -3.98. The van der Waals surface area contributed by atoms with Crippen LogP contribution in [0, 0.1) is 0 Å². The molecule has 0 spiro atoms. The number of rotatable bonds is 9. The van der Waals surface area contributed by atoms with Crippen molar-refractivity contribution in [1.29, 1.82) is 0 Å². The first kappa shape index (κ1) is 27.1. The number of carbonyl (C=O) groups excluding carboxylic acids is 1. The smallest absolute Gasteiger partial charge is 0.234 e. The van der Waals surface area contributed by atoms with Crippen LogP contribution in [0.3, 0.4) is 0 Å². The number of hydrogen-bond acceptors (Lipinski definition) is 7. The third-order valence-corrected chi connectivity index (χ3v) is 6.87. The van der Waals surface area contributed by atoms with Crippen LogP contribution in [0.5, 0.6) is 17.2 Å². The van der Waals surface area contributed by atoms with Gasteiger partial charge < -0.3 is 19.5 Å². The van der Waals surface area contributed by atoms with E-state index in [0.717, 1.165) is 17.0 Å². The Balaban J connectivity index is 1.60. The lowest BCUT2D eigenvalue weighted by molar-refractivity contribution is -0.113. The van der Waals surface area contributed by atoms with Crippen molar-refractivity contribution in [3.8, 4) is 34.3 Å². The highest BCUT2D eigenvalue weighted by atomic mass is 32.2. The number of aromatic nitrogens is 3. The van der Waals surface area contributed by atoms with Crippen LogP contribution in [-0.2, 0) is 10.2 Å². The zero-order chi connectivity index (χ0) is 27.3. The molecule has 0 aliphatic heterocycles. The van der Waals surface area contributed by atoms with Gasteiger partial charge in [-0.05, 0) is 35.2 Å². The number of nitrogens with one attached hydrogen (secondary N) is 1. The van der Waals surface area contributed by atoms with Crippen molar-refractivity contribution < 1.29 is 19.0 Å². The summed E-state index contributed by atoms with van der Waals surface area (Å²) in [5.41, 5.74) is 3.66. The van der Waals surface area contributed by atoms with Gasteiger partial charge in [-0.1, -0.05) is 56.8 Å². The molecule has 0 aliphatic carbocycles. The van der Waals surface area contributed by atoms with Gasteiger partial charge in [-0.15, -0.1) is 10.2 Å². The van der Waals surface area contributed by atoms with Crippen LogP contribution in [0.2, 0.25) is 0 Å². The van der Waals surface area contributed by atoms with Crippen molar-refractivity contribution in [2.45, 2.75) is 31.3 Å². The van der Waals surface area contributed by atoms with Gasteiger partial charge in [0.25, 0.3) is 0 Å². The third kappa shape index (κ3) is 6.28. The SMILES string of the molecule is COc1ccc(-n2c(SCC(=O)Nc3cc(OC)cc(OC)c3)nnc2-c2ccc(C(C)(C)C)cc2)cc1. The first-order valence-corrected chi connectivity index (χ1v) is 13.1. The molecular formula is C29H32N4O4S. The second-order valence-electron chi connectivity index (χ2n) is 9.61. The van der Waals surface area contributed by atoms with Crippen LogP contribution in [0.15, 0.2) is 71.9 Å². The molecule has 0 aliphatic rings. The molecule has 0 bridgehead atoms. The lowest BCUT2D eigenvalue weighted by Crippen LogP contribution is -2.14. The van der Waals surface area contributed by atoms with Crippen molar-refractivity contribution in [1.82, 2.24) is 14.8 Å². The Morgan fingerprint density at radius 3 is 2.00 bits per heavy atom. The number of nitrogens with zero attached hydrogens (tertiary/aromatic N) is 3. The molecule has 4 rings (SSSR count). The van der Waals surface area contributed by atoms with E-state index in [4.69, 9.17) is 14.2 Å². The molecule has 1 amide bonds. The zero-order valence-electron chi connectivity index (χ0n) is 22.4. The summed E-state index contributed by atoms with van der Waals surface area (Å²) >= 11 is 1.31. The van der Waals surface area contributed by atoms with Gasteiger partial charge in [0.2, 0.25) is 5.91 Å². The molecule has 0 fully saturated rings. The first-order chi connectivity index (χ1) is 18.2.